The highest BCUT2D eigenvalue weighted by molar-refractivity contribution is 4.96. The average molecular weight is 252 g/mol. The zero-order valence-electron chi connectivity index (χ0n) is 10.5. The third kappa shape index (κ3) is 2.43. The van der Waals surface area contributed by atoms with Crippen molar-refractivity contribution < 1.29 is 14.4 Å². The first-order chi connectivity index (χ1) is 8.84. The van der Waals surface area contributed by atoms with Crippen LogP contribution in [0.15, 0.2) is 16.8 Å². The molecule has 3 rings (SSSR count). The van der Waals surface area contributed by atoms with Crippen LogP contribution in [0.4, 0.5) is 0 Å². The molecule has 1 aromatic heterocycles. The second kappa shape index (κ2) is 5.38. The van der Waals surface area contributed by atoms with E-state index in [9.17, 15) is 5.11 Å². The van der Waals surface area contributed by atoms with Gasteiger partial charge in [-0.2, -0.15) is 0 Å². The fourth-order valence-electron chi connectivity index (χ4n) is 3.19. The van der Waals surface area contributed by atoms with E-state index < -0.39 is 0 Å². The summed E-state index contributed by atoms with van der Waals surface area (Å²) < 4.78 is 10.8. The summed E-state index contributed by atoms with van der Waals surface area (Å²) in [5.74, 6) is 1.22. The molecule has 2 aliphatic rings. The fraction of sp³-hybridized carbons (Fsp3) is 0.769. The second-order valence-corrected chi connectivity index (χ2v) is 5.25. The molecule has 18 heavy (non-hydrogen) atoms. The minimum atomic E-state index is -0.172. The van der Waals surface area contributed by atoms with Gasteiger partial charge in [0.15, 0.2) is 5.76 Å². The summed E-state index contributed by atoms with van der Waals surface area (Å²) in [6.45, 7) is 3.13. The number of nitrogens with zero attached hydrogens (tertiary/aromatic N) is 2. The Morgan fingerprint density at radius 2 is 2.39 bits per heavy atom. The molecule has 1 aliphatic heterocycles. The van der Waals surface area contributed by atoms with Gasteiger partial charge >= 0.3 is 0 Å². The fourth-order valence-corrected chi connectivity index (χ4v) is 3.19. The van der Waals surface area contributed by atoms with E-state index in [0.717, 1.165) is 51.3 Å². The van der Waals surface area contributed by atoms with Crippen molar-refractivity contribution in [2.24, 2.45) is 5.92 Å². The number of rotatable bonds is 3. The zero-order chi connectivity index (χ0) is 12.4. The lowest BCUT2D eigenvalue weighted by Gasteiger charge is -2.39. The van der Waals surface area contributed by atoms with Gasteiger partial charge in [0.25, 0.3) is 0 Å². The summed E-state index contributed by atoms with van der Waals surface area (Å²) in [4.78, 5) is 2.36. The predicted octanol–water partition coefficient (Wildman–Crippen LogP) is 1.04. The first kappa shape index (κ1) is 12.1. The van der Waals surface area contributed by atoms with Crippen molar-refractivity contribution in [2.45, 2.75) is 38.0 Å². The van der Waals surface area contributed by atoms with Crippen LogP contribution in [0.1, 0.15) is 25.0 Å². The van der Waals surface area contributed by atoms with E-state index in [0.29, 0.717) is 12.0 Å². The molecule has 3 atom stereocenters. The topological polar surface area (TPSA) is 58.7 Å². The maximum atomic E-state index is 10.1. The molecule has 1 aromatic rings. The van der Waals surface area contributed by atoms with Gasteiger partial charge in [-0.3, -0.25) is 4.90 Å². The Morgan fingerprint density at radius 3 is 3.11 bits per heavy atom. The minimum absolute atomic E-state index is 0.172. The first-order valence-corrected chi connectivity index (χ1v) is 6.74. The summed E-state index contributed by atoms with van der Waals surface area (Å²) in [5, 5.41) is 13.8. The van der Waals surface area contributed by atoms with Crippen LogP contribution in [0.25, 0.3) is 0 Å². The van der Waals surface area contributed by atoms with E-state index in [2.05, 4.69) is 10.1 Å². The minimum Gasteiger partial charge on any atom is -0.393 e. The summed E-state index contributed by atoms with van der Waals surface area (Å²) in [6.07, 6.45) is 4.65. The van der Waals surface area contributed by atoms with Crippen LogP contribution < -0.4 is 0 Å². The first-order valence-electron chi connectivity index (χ1n) is 6.74. The lowest BCUT2D eigenvalue weighted by molar-refractivity contribution is -0.0561. The summed E-state index contributed by atoms with van der Waals surface area (Å²) in [5.41, 5.74) is 0. The maximum Gasteiger partial charge on any atom is 0.150 e. The number of morpholine rings is 1. The quantitative estimate of drug-likeness (QED) is 0.871. The summed E-state index contributed by atoms with van der Waals surface area (Å²) in [6, 6.07) is 2.21. The van der Waals surface area contributed by atoms with Crippen molar-refractivity contribution in [1.29, 1.82) is 0 Å². The molecule has 1 saturated heterocycles. The van der Waals surface area contributed by atoms with Gasteiger partial charge in [0.05, 0.1) is 32.1 Å². The Kier molecular flexibility index (Phi) is 3.63. The number of ether oxygens (including phenoxy) is 1. The molecule has 0 bridgehead atoms. The van der Waals surface area contributed by atoms with Crippen LogP contribution in [0.5, 0.6) is 0 Å². The second-order valence-electron chi connectivity index (χ2n) is 5.25. The molecule has 1 N–H and O–H groups in total. The molecule has 100 valence electrons. The van der Waals surface area contributed by atoms with E-state index in [1.807, 2.05) is 6.07 Å². The Hall–Kier alpha value is -0.910. The van der Waals surface area contributed by atoms with Crippen LogP contribution in [0.2, 0.25) is 0 Å². The normalized spacial score (nSPS) is 33.9. The van der Waals surface area contributed by atoms with Crippen molar-refractivity contribution >= 4 is 0 Å². The molecule has 0 spiro atoms. The highest BCUT2D eigenvalue weighted by Crippen LogP contribution is 2.32. The number of aromatic nitrogens is 1. The number of aliphatic hydroxyl groups excluding tert-OH is 1. The van der Waals surface area contributed by atoms with Crippen LogP contribution in [-0.4, -0.2) is 47.1 Å². The molecule has 0 radical (unpaired) electrons. The van der Waals surface area contributed by atoms with Gasteiger partial charge in [-0.15, -0.1) is 0 Å². The largest absolute Gasteiger partial charge is 0.393 e. The van der Waals surface area contributed by atoms with E-state index in [4.69, 9.17) is 9.26 Å². The smallest absolute Gasteiger partial charge is 0.150 e. The van der Waals surface area contributed by atoms with Crippen LogP contribution in [-0.2, 0) is 11.3 Å². The van der Waals surface area contributed by atoms with Crippen molar-refractivity contribution in [3.05, 3.63) is 18.0 Å². The van der Waals surface area contributed by atoms with E-state index in [-0.39, 0.29) is 6.10 Å². The molecule has 1 saturated carbocycles. The number of hydrogen-bond donors (Lipinski definition) is 1. The van der Waals surface area contributed by atoms with Crippen LogP contribution in [0, 0.1) is 5.92 Å². The molecular formula is C13H20N2O3. The Labute approximate surface area is 107 Å². The molecule has 0 unspecified atom stereocenters. The lowest BCUT2D eigenvalue weighted by Crippen LogP contribution is -2.50. The van der Waals surface area contributed by atoms with Crippen molar-refractivity contribution in [2.75, 3.05) is 19.8 Å². The van der Waals surface area contributed by atoms with E-state index in [1.54, 1.807) is 6.20 Å². The molecule has 2 heterocycles. The number of hydrogen-bond acceptors (Lipinski definition) is 5. The third-order valence-corrected chi connectivity index (χ3v) is 4.16. The highest BCUT2D eigenvalue weighted by atomic mass is 16.5. The maximum absolute atomic E-state index is 10.1. The lowest BCUT2D eigenvalue weighted by atomic mass is 9.94. The van der Waals surface area contributed by atoms with Crippen molar-refractivity contribution in [3.63, 3.8) is 0 Å². The molecule has 5 nitrogen and oxygen atoms in total. The standard InChI is InChI=1S/C13H20N2O3/c16-13-3-1-2-11(13)12-9-17-7-6-15(12)8-10-4-5-14-18-10/h4-5,11-13,16H,1-3,6-9H2/t11-,12+,13-/m1/s1. The van der Waals surface area contributed by atoms with Gasteiger partial charge in [-0.1, -0.05) is 11.6 Å². The van der Waals surface area contributed by atoms with Gasteiger partial charge in [0.2, 0.25) is 0 Å². The molecule has 1 aliphatic carbocycles. The van der Waals surface area contributed by atoms with Crippen LogP contribution in [0.3, 0.4) is 0 Å². The summed E-state index contributed by atoms with van der Waals surface area (Å²) in [7, 11) is 0. The third-order valence-electron chi connectivity index (χ3n) is 4.16. The highest BCUT2D eigenvalue weighted by Gasteiger charge is 2.37. The van der Waals surface area contributed by atoms with Gasteiger partial charge < -0.3 is 14.4 Å². The summed E-state index contributed by atoms with van der Waals surface area (Å²) >= 11 is 0. The Bertz CT molecular complexity index is 368. The molecule has 0 aromatic carbocycles. The van der Waals surface area contributed by atoms with Gasteiger partial charge in [-0.05, 0) is 12.8 Å². The van der Waals surface area contributed by atoms with Gasteiger partial charge in [0.1, 0.15) is 0 Å². The number of aliphatic hydroxyl groups is 1. The van der Waals surface area contributed by atoms with Crippen LogP contribution >= 0.6 is 0 Å². The van der Waals surface area contributed by atoms with Gasteiger partial charge in [0, 0.05) is 24.6 Å². The predicted molar refractivity (Wildman–Crippen MR) is 64.9 cm³/mol. The monoisotopic (exact) mass is 252 g/mol. The molecular weight excluding hydrogens is 232 g/mol. The van der Waals surface area contributed by atoms with E-state index >= 15 is 0 Å². The SMILES string of the molecule is O[C@@H]1CCC[C@@H]1[C@@H]1COCCN1Cc1ccno1. The van der Waals surface area contributed by atoms with Crippen molar-refractivity contribution in [3.8, 4) is 0 Å². The average Bonchev–Trinajstić information content (AvgIpc) is 3.02. The Morgan fingerprint density at radius 1 is 1.44 bits per heavy atom. The Balaban J connectivity index is 1.69. The van der Waals surface area contributed by atoms with Crippen molar-refractivity contribution in [1.82, 2.24) is 10.1 Å². The van der Waals surface area contributed by atoms with Gasteiger partial charge in [-0.25, -0.2) is 0 Å². The molecule has 0 amide bonds. The molecule has 2 fully saturated rings. The van der Waals surface area contributed by atoms with E-state index in [1.165, 1.54) is 0 Å². The molecule has 5 heteroatoms. The zero-order valence-corrected chi connectivity index (χ0v) is 10.5.